The standard InChI is InChI=1S/C15H21BrN2OSi/c1-20(2,3)10-9-19-12-18-11-14(16)17-15(18)13-7-5-4-6-8-13/h4-8,11H,9-10,12H2,1-3H3. The highest BCUT2D eigenvalue weighted by Gasteiger charge is 2.13. The van der Waals surface area contributed by atoms with E-state index >= 15 is 0 Å². The van der Waals surface area contributed by atoms with E-state index in [1.165, 1.54) is 6.04 Å². The van der Waals surface area contributed by atoms with Crippen molar-refractivity contribution in [2.24, 2.45) is 0 Å². The molecule has 1 aromatic carbocycles. The van der Waals surface area contributed by atoms with Gasteiger partial charge < -0.3 is 9.30 Å². The van der Waals surface area contributed by atoms with Crippen LogP contribution < -0.4 is 0 Å². The first kappa shape index (κ1) is 15.5. The molecule has 0 atom stereocenters. The maximum atomic E-state index is 5.81. The molecule has 20 heavy (non-hydrogen) atoms. The summed E-state index contributed by atoms with van der Waals surface area (Å²) in [6, 6.07) is 11.4. The van der Waals surface area contributed by atoms with E-state index in [1.54, 1.807) is 0 Å². The van der Waals surface area contributed by atoms with Crippen molar-refractivity contribution in [3.8, 4) is 11.4 Å². The molecule has 0 saturated carbocycles. The smallest absolute Gasteiger partial charge is 0.143 e. The molecule has 0 saturated heterocycles. The monoisotopic (exact) mass is 352 g/mol. The van der Waals surface area contributed by atoms with Gasteiger partial charge in [-0.2, -0.15) is 0 Å². The topological polar surface area (TPSA) is 27.1 Å². The van der Waals surface area contributed by atoms with Crippen LogP contribution in [0.1, 0.15) is 0 Å². The van der Waals surface area contributed by atoms with Crippen molar-refractivity contribution in [2.45, 2.75) is 32.4 Å². The Morgan fingerprint density at radius 2 is 1.90 bits per heavy atom. The fourth-order valence-corrected chi connectivity index (χ4v) is 3.01. The molecule has 0 N–H and O–H groups in total. The van der Waals surface area contributed by atoms with Gasteiger partial charge in [0, 0.05) is 26.4 Å². The molecule has 0 bridgehead atoms. The van der Waals surface area contributed by atoms with Crippen molar-refractivity contribution >= 4 is 24.0 Å². The summed E-state index contributed by atoms with van der Waals surface area (Å²) < 4.78 is 8.69. The number of hydrogen-bond acceptors (Lipinski definition) is 2. The zero-order chi connectivity index (χ0) is 14.6. The zero-order valence-corrected chi connectivity index (χ0v) is 14.9. The van der Waals surface area contributed by atoms with Crippen LogP contribution in [0.2, 0.25) is 25.7 Å². The van der Waals surface area contributed by atoms with Gasteiger partial charge in [0.15, 0.2) is 0 Å². The van der Waals surface area contributed by atoms with Gasteiger partial charge in [0.2, 0.25) is 0 Å². The van der Waals surface area contributed by atoms with E-state index in [0.29, 0.717) is 6.73 Å². The molecule has 0 radical (unpaired) electrons. The molecule has 0 aliphatic heterocycles. The highest BCUT2D eigenvalue weighted by atomic mass is 79.9. The van der Waals surface area contributed by atoms with Gasteiger partial charge in [-0.05, 0) is 22.0 Å². The molecule has 108 valence electrons. The third-order valence-corrected chi connectivity index (χ3v) is 5.09. The summed E-state index contributed by atoms with van der Waals surface area (Å²) in [6.45, 7) is 8.45. The van der Waals surface area contributed by atoms with Gasteiger partial charge in [0.05, 0.1) is 0 Å². The molecular formula is C15H21BrN2OSi. The highest BCUT2D eigenvalue weighted by Crippen LogP contribution is 2.21. The van der Waals surface area contributed by atoms with Crippen LogP contribution in [0.15, 0.2) is 41.1 Å². The van der Waals surface area contributed by atoms with Gasteiger partial charge in [-0.3, -0.25) is 0 Å². The van der Waals surface area contributed by atoms with Crippen LogP contribution in [-0.2, 0) is 11.5 Å². The van der Waals surface area contributed by atoms with Crippen LogP contribution in [0.4, 0.5) is 0 Å². The van der Waals surface area contributed by atoms with Gasteiger partial charge in [-0.25, -0.2) is 4.98 Å². The number of hydrogen-bond donors (Lipinski definition) is 0. The number of ether oxygens (including phenoxy) is 1. The fourth-order valence-electron chi connectivity index (χ4n) is 1.84. The summed E-state index contributed by atoms with van der Waals surface area (Å²) >= 11 is 3.44. The lowest BCUT2D eigenvalue weighted by atomic mass is 10.2. The van der Waals surface area contributed by atoms with Gasteiger partial charge in [0.1, 0.15) is 17.2 Å². The van der Waals surface area contributed by atoms with Gasteiger partial charge >= 0.3 is 0 Å². The van der Waals surface area contributed by atoms with Crippen molar-refractivity contribution in [3.05, 3.63) is 41.1 Å². The summed E-state index contributed by atoms with van der Waals surface area (Å²) in [5.74, 6) is 0.936. The summed E-state index contributed by atoms with van der Waals surface area (Å²) in [5, 5.41) is 0. The van der Waals surface area contributed by atoms with Crippen LogP contribution in [-0.4, -0.2) is 24.2 Å². The van der Waals surface area contributed by atoms with Gasteiger partial charge in [-0.1, -0.05) is 50.0 Å². The molecule has 0 fully saturated rings. The number of nitrogens with zero attached hydrogens (tertiary/aromatic N) is 2. The minimum Gasteiger partial charge on any atom is -0.361 e. The Bertz CT molecular complexity index is 549. The molecule has 0 unspecified atom stereocenters. The molecule has 0 spiro atoms. The molecule has 2 rings (SSSR count). The number of rotatable bonds is 6. The van der Waals surface area contributed by atoms with E-state index in [0.717, 1.165) is 22.6 Å². The number of halogens is 1. The Kier molecular flexibility index (Phi) is 5.18. The van der Waals surface area contributed by atoms with Crippen LogP contribution >= 0.6 is 15.9 Å². The summed E-state index contributed by atoms with van der Waals surface area (Å²) in [4.78, 5) is 4.52. The Balaban J connectivity index is 2.02. The van der Waals surface area contributed by atoms with Crippen LogP contribution in [0.5, 0.6) is 0 Å². The molecule has 0 aliphatic rings. The van der Waals surface area contributed by atoms with Gasteiger partial charge in [0.25, 0.3) is 0 Å². The first-order valence-electron chi connectivity index (χ1n) is 6.81. The lowest BCUT2D eigenvalue weighted by Crippen LogP contribution is -2.22. The summed E-state index contributed by atoms with van der Waals surface area (Å²) in [7, 11) is -1.03. The summed E-state index contributed by atoms with van der Waals surface area (Å²) in [6.07, 6.45) is 1.97. The fraction of sp³-hybridized carbons (Fsp3) is 0.400. The maximum Gasteiger partial charge on any atom is 0.143 e. The molecule has 0 amide bonds. The molecule has 3 nitrogen and oxygen atoms in total. The van der Waals surface area contributed by atoms with Gasteiger partial charge in [-0.15, -0.1) is 0 Å². The normalized spacial score (nSPS) is 11.8. The van der Waals surface area contributed by atoms with E-state index < -0.39 is 8.07 Å². The molecule has 1 aromatic heterocycles. The lowest BCUT2D eigenvalue weighted by Gasteiger charge is -2.16. The second-order valence-electron chi connectivity index (χ2n) is 6.07. The quantitative estimate of drug-likeness (QED) is 0.559. The largest absolute Gasteiger partial charge is 0.361 e. The minimum atomic E-state index is -1.03. The van der Waals surface area contributed by atoms with E-state index in [4.69, 9.17) is 4.74 Å². The van der Waals surface area contributed by atoms with Crippen LogP contribution in [0.25, 0.3) is 11.4 Å². The molecule has 0 aliphatic carbocycles. The third-order valence-electron chi connectivity index (χ3n) is 3.01. The van der Waals surface area contributed by atoms with Crippen LogP contribution in [0.3, 0.4) is 0 Å². The SMILES string of the molecule is C[Si](C)(C)CCOCn1cc(Br)nc1-c1ccccc1. The number of benzene rings is 1. The predicted molar refractivity (Wildman–Crippen MR) is 89.5 cm³/mol. The Morgan fingerprint density at radius 3 is 2.55 bits per heavy atom. The maximum absolute atomic E-state index is 5.81. The average Bonchev–Trinajstić information content (AvgIpc) is 2.76. The molecule has 1 heterocycles. The zero-order valence-electron chi connectivity index (χ0n) is 12.3. The van der Waals surface area contributed by atoms with Crippen molar-refractivity contribution in [1.29, 1.82) is 0 Å². The van der Waals surface area contributed by atoms with Crippen molar-refractivity contribution in [1.82, 2.24) is 9.55 Å². The van der Waals surface area contributed by atoms with E-state index in [9.17, 15) is 0 Å². The van der Waals surface area contributed by atoms with Crippen molar-refractivity contribution < 1.29 is 4.74 Å². The average molecular weight is 353 g/mol. The van der Waals surface area contributed by atoms with Crippen LogP contribution in [0, 0.1) is 0 Å². The Hall–Kier alpha value is -0.913. The number of imidazole rings is 1. The first-order chi connectivity index (χ1) is 9.46. The number of aromatic nitrogens is 2. The molecular weight excluding hydrogens is 332 g/mol. The highest BCUT2D eigenvalue weighted by molar-refractivity contribution is 9.10. The van der Waals surface area contributed by atoms with E-state index in [-0.39, 0.29) is 0 Å². The summed E-state index contributed by atoms with van der Waals surface area (Å²) in [5.41, 5.74) is 1.10. The van der Waals surface area contributed by atoms with Crippen molar-refractivity contribution in [2.75, 3.05) is 6.61 Å². The molecule has 2 aromatic rings. The predicted octanol–water partition coefficient (Wildman–Crippen LogP) is 4.62. The second-order valence-corrected chi connectivity index (χ2v) is 12.5. The van der Waals surface area contributed by atoms with Crippen molar-refractivity contribution in [3.63, 3.8) is 0 Å². The Morgan fingerprint density at radius 1 is 1.20 bits per heavy atom. The first-order valence-corrected chi connectivity index (χ1v) is 11.3. The Labute approximate surface area is 130 Å². The molecule has 5 heteroatoms. The third kappa shape index (κ3) is 4.58. The second kappa shape index (κ2) is 6.69. The lowest BCUT2D eigenvalue weighted by molar-refractivity contribution is 0.0882. The van der Waals surface area contributed by atoms with E-state index in [1.807, 2.05) is 29.0 Å². The minimum absolute atomic E-state index is 0.549. The van der Waals surface area contributed by atoms with E-state index in [2.05, 4.69) is 52.7 Å².